The lowest BCUT2D eigenvalue weighted by molar-refractivity contribution is -0.0926. The fourth-order valence-corrected chi connectivity index (χ4v) is 5.46. The maximum atomic E-state index is 12.7. The van der Waals surface area contributed by atoms with Crippen molar-refractivity contribution in [3.8, 4) is 16.3 Å². The summed E-state index contributed by atoms with van der Waals surface area (Å²) >= 11 is 1.79. The summed E-state index contributed by atoms with van der Waals surface area (Å²) in [4.78, 5) is 21.6. The molecule has 154 valence electrons. The molecule has 0 aromatic carbocycles. The van der Waals surface area contributed by atoms with Crippen molar-refractivity contribution in [2.45, 2.75) is 24.9 Å². The summed E-state index contributed by atoms with van der Waals surface area (Å²) in [5.41, 5.74) is 2.27. The third-order valence-electron chi connectivity index (χ3n) is 5.88. The van der Waals surface area contributed by atoms with Crippen molar-refractivity contribution in [1.29, 1.82) is 0 Å². The number of pyridine rings is 1. The van der Waals surface area contributed by atoms with Gasteiger partial charge in [-0.05, 0) is 48.7 Å². The molecule has 0 saturated carbocycles. The summed E-state index contributed by atoms with van der Waals surface area (Å²) in [5, 5.41) is 7.78. The van der Waals surface area contributed by atoms with Gasteiger partial charge in [0.25, 0.3) is 5.91 Å². The topological polar surface area (TPSA) is 77.4 Å². The first-order valence-electron chi connectivity index (χ1n) is 10.0. The van der Waals surface area contributed by atoms with Gasteiger partial charge in [0.2, 0.25) is 0 Å². The molecule has 0 aliphatic carbocycles. The fraction of sp³-hybridized carbons (Fsp3) is 0.364. The van der Waals surface area contributed by atoms with Gasteiger partial charge in [-0.3, -0.25) is 9.78 Å². The maximum absolute atomic E-state index is 12.7. The van der Waals surface area contributed by atoms with Gasteiger partial charge < -0.3 is 14.4 Å². The fourth-order valence-electron chi connectivity index (χ4n) is 4.25. The summed E-state index contributed by atoms with van der Waals surface area (Å²) < 4.78 is 11.6. The van der Waals surface area contributed by atoms with Gasteiger partial charge in [-0.15, -0.1) is 16.4 Å². The summed E-state index contributed by atoms with van der Waals surface area (Å²) in [6, 6.07) is 9.61. The second-order valence-electron chi connectivity index (χ2n) is 7.52. The van der Waals surface area contributed by atoms with E-state index in [4.69, 9.17) is 9.47 Å². The van der Waals surface area contributed by atoms with Crippen LogP contribution in [0.1, 0.15) is 33.8 Å². The highest BCUT2D eigenvalue weighted by Crippen LogP contribution is 2.46. The Morgan fingerprint density at radius 3 is 2.83 bits per heavy atom. The number of piperidine rings is 1. The molecule has 1 spiro atoms. The Labute approximate surface area is 178 Å². The third kappa shape index (κ3) is 3.36. The third-order valence-corrected chi connectivity index (χ3v) is 7.10. The molecule has 1 amide bonds. The van der Waals surface area contributed by atoms with Crippen LogP contribution in [0.2, 0.25) is 0 Å². The zero-order valence-electron chi connectivity index (χ0n) is 16.7. The predicted octanol–water partition coefficient (Wildman–Crippen LogP) is 3.31. The number of aromatic nitrogens is 3. The average Bonchev–Trinajstić information content (AvgIpc) is 3.26. The number of thiophene rings is 1. The number of nitrogens with zero attached hydrogens (tertiary/aromatic N) is 4. The molecular formula is C22H22N4O3S. The van der Waals surface area contributed by atoms with Gasteiger partial charge in [-0.25, -0.2) is 0 Å². The predicted molar refractivity (Wildman–Crippen MR) is 113 cm³/mol. The van der Waals surface area contributed by atoms with Gasteiger partial charge in [0, 0.05) is 30.6 Å². The van der Waals surface area contributed by atoms with Gasteiger partial charge in [-0.1, -0.05) is 0 Å². The highest BCUT2D eigenvalue weighted by molar-refractivity contribution is 7.15. The van der Waals surface area contributed by atoms with Crippen molar-refractivity contribution in [3.63, 3.8) is 0 Å². The smallest absolute Gasteiger partial charge is 0.274 e. The van der Waals surface area contributed by atoms with Crippen molar-refractivity contribution in [1.82, 2.24) is 20.1 Å². The van der Waals surface area contributed by atoms with E-state index in [2.05, 4.69) is 21.2 Å². The number of likely N-dealkylation sites (tertiary alicyclic amines) is 1. The minimum absolute atomic E-state index is 0.0672. The number of amides is 1. The van der Waals surface area contributed by atoms with E-state index in [0.717, 1.165) is 35.6 Å². The van der Waals surface area contributed by atoms with Gasteiger partial charge in [0.1, 0.15) is 5.75 Å². The number of hydrogen-bond donors (Lipinski definition) is 0. The van der Waals surface area contributed by atoms with E-state index in [0.29, 0.717) is 25.4 Å². The number of methoxy groups -OCH3 is 1. The molecule has 7 nitrogen and oxygen atoms in total. The maximum Gasteiger partial charge on any atom is 0.274 e. The molecule has 0 atom stereocenters. The summed E-state index contributed by atoms with van der Waals surface area (Å²) in [7, 11) is 1.64. The monoisotopic (exact) mass is 422 g/mol. The number of fused-ring (bicyclic) bond motifs is 2. The van der Waals surface area contributed by atoms with Gasteiger partial charge in [-0.2, -0.15) is 5.10 Å². The van der Waals surface area contributed by atoms with Crippen LogP contribution in [0.5, 0.6) is 5.75 Å². The molecular weight excluding hydrogens is 400 g/mol. The van der Waals surface area contributed by atoms with E-state index in [-0.39, 0.29) is 11.5 Å². The highest BCUT2D eigenvalue weighted by atomic mass is 32.1. The lowest BCUT2D eigenvalue weighted by atomic mass is 9.82. The van der Waals surface area contributed by atoms with E-state index < -0.39 is 0 Å². The van der Waals surface area contributed by atoms with Crippen molar-refractivity contribution < 1.29 is 14.3 Å². The quantitative estimate of drug-likeness (QED) is 0.644. The van der Waals surface area contributed by atoms with Gasteiger partial charge in [0.15, 0.2) is 5.69 Å². The van der Waals surface area contributed by atoms with E-state index in [1.165, 1.54) is 10.4 Å². The second kappa shape index (κ2) is 7.77. The minimum Gasteiger partial charge on any atom is -0.495 e. The molecule has 1 saturated heterocycles. The van der Waals surface area contributed by atoms with Crippen molar-refractivity contribution in [2.75, 3.05) is 26.8 Å². The Bertz CT molecular complexity index is 1040. The number of carbonyl (C=O) groups excluding carboxylic acids is 1. The number of rotatable bonds is 3. The Morgan fingerprint density at radius 1 is 1.27 bits per heavy atom. The van der Waals surface area contributed by atoms with Crippen LogP contribution in [0.15, 0.2) is 42.7 Å². The van der Waals surface area contributed by atoms with E-state index >= 15 is 0 Å². The molecule has 5 rings (SSSR count). The molecule has 0 radical (unpaired) electrons. The van der Waals surface area contributed by atoms with Crippen LogP contribution >= 0.6 is 11.3 Å². The second-order valence-corrected chi connectivity index (χ2v) is 8.66. The van der Waals surface area contributed by atoms with Gasteiger partial charge in [0.05, 0.1) is 36.1 Å². The average molecular weight is 423 g/mol. The molecule has 2 aliphatic rings. The lowest BCUT2D eigenvalue weighted by Gasteiger charge is -2.43. The van der Waals surface area contributed by atoms with Crippen LogP contribution in [-0.2, 0) is 16.8 Å². The largest absolute Gasteiger partial charge is 0.495 e. The summed E-state index contributed by atoms with van der Waals surface area (Å²) in [6.07, 6.45) is 5.79. The molecule has 2 aliphatic heterocycles. The standard InChI is InChI=1S/C22H22N4O3S/c1-28-15-4-5-17(23-14-15)20-13-16-19(30-20)6-12-29-22(16)7-10-26(11-8-22)21(27)18-3-2-9-24-25-18/h2-5,9,13-14H,6-8,10-12H2,1H3. The molecule has 0 bridgehead atoms. The van der Waals surface area contributed by atoms with Crippen molar-refractivity contribution in [2.24, 2.45) is 0 Å². The Hall–Kier alpha value is -2.84. The van der Waals surface area contributed by atoms with Gasteiger partial charge >= 0.3 is 0 Å². The zero-order valence-corrected chi connectivity index (χ0v) is 17.5. The van der Waals surface area contributed by atoms with Crippen LogP contribution in [0.25, 0.3) is 10.6 Å². The molecule has 5 heterocycles. The number of carbonyl (C=O) groups is 1. The van der Waals surface area contributed by atoms with Crippen molar-refractivity contribution in [3.05, 3.63) is 58.9 Å². The minimum atomic E-state index is -0.325. The Kier molecular flexibility index (Phi) is 4.96. The van der Waals surface area contributed by atoms with Crippen LogP contribution in [0, 0.1) is 0 Å². The molecule has 8 heteroatoms. The molecule has 3 aromatic rings. The first-order valence-corrected chi connectivity index (χ1v) is 10.8. The zero-order chi connectivity index (χ0) is 20.6. The first-order chi connectivity index (χ1) is 14.7. The molecule has 3 aromatic heterocycles. The van der Waals surface area contributed by atoms with Crippen LogP contribution in [0.4, 0.5) is 0 Å². The van der Waals surface area contributed by atoms with E-state index in [1.54, 1.807) is 43.0 Å². The number of ether oxygens (including phenoxy) is 2. The van der Waals surface area contributed by atoms with E-state index in [9.17, 15) is 4.79 Å². The Morgan fingerprint density at radius 2 is 2.13 bits per heavy atom. The summed E-state index contributed by atoms with van der Waals surface area (Å²) in [6.45, 7) is 1.99. The normalized spacial score (nSPS) is 17.6. The van der Waals surface area contributed by atoms with E-state index in [1.807, 2.05) is 17.0 Å². The highest BCUT2D eigenvalue weighted by Gasteiger charge is 2.43. The Balaban J connectivity index is 1.37. The van der Waals surface area contributed by atoms with Crippen LogP contribution in [-0.4, -0.2) is 52.8 Å². The summed E-state index contributed by atoms with van der Waals surface area (Å²) in [5.74, 6) is 0.683. The van der Waals surface area contributed by atoms with Crippen LogP contribution < -0.4 is 4.74 Å². The molecule has 30 heavy (non-hydrogen) atoms. The SMILES string of the molecule is COc1ccc(-c2cc3c(s2)CCOC32CCN(C(=O)c3cccnn3)CC2)nc1. The number of hydrogen-bond acceptors (Lipinski definition) is 7. The molecule has 0 N–H and O–H groups in total. The molecule has 0 unspecified atom stereocenters. The lowest BCUT2D eigenvalue weighted by Crippen LogP contribution is -2.48. The first kappa shape index (κ1) is 19.1. The molecule has 1 fully saturated rings. The van der Waals surface area contributed by atoms with Crippen molar-refractivity contribution >= 4 is 17.2 Å². The van der Waals surface area contributed by atoms with Crippen LogP contribution in [0.3, 0.4) is 0 Å².